The van der Waals surface area contributed by atoms with Crippen molar-refractivity contribution in [3.05, 3.63) is 82.6 Å². The van der Waals surface area contributed by atoms with Crippen LogP contribution in [0.25, 0.3) is 10.8 Å². The third kappa shape index (κ3) is 2.30. The second-order valence-corrected chi connectivity index (χ2v) is 4.92. The van der Waals surface area contributed by atoms with Crippen LogP contribution in [0.2, 0.25) is 5.02 Å². The van der Waals surface area contributed by atoms with Crippen LogP contribution in [0.5, 0.6) is 0 Å². The van der Waals surface area contributed by atoms with E-state index in [-0.39, 0.29) is 10.8 Å². The zero-order valence-electron chi connectivity index (χ0n) is 10.4. The molecule has 0 fully saturated rings. The van der Waals surface area contributed by atoms with Gasteiger partial charge in [0.2, 0.25) is 0 Å². The van der Waals surface area contributed by atoms with E-state index in [4.69, 9.17) is 11.6 Å². The van der Waals surface area contributed by atoms with E-state index in [1.54, 1.807) is 6.07 Å². The molecule has 0 unspecified atom stereocenters. The Morgan fingerprint density at radius 2 is 1.65 bits per heavy atom. The van der Waals surface area contributed by atoms with Crippen molar-refractivity contribution in [1.82, 2.24) is 0 Å². The molecule has 0 bridgehead atoms. The minimum Gasteiger partial charge on any atom is -0.289 e. The van der Waals surface area contributed by atoms with Gasteiger partial charge in [-0.15, -0.1) is 0 Å². The number of carbonyl (C=O) groups is 1. The maximum Gasteiger partial charge on any atom is 0.194 e. The van der Waals surface area contributed by atoms with E-state index >= 15 is 0 Å². The molecule has 3 rings (SSSR count). The number of carbonyl (C=O) groups excluding carboxylic acids is 1. The van der Waals surface area contributed by atoms with Crippen molar-refractivity contribution in [2.24, 2.45) is 0 Å². The van der Waals surface area contributed by atoms with Crippen molar-refractivity contribution < 1.29 is 9.18 Å². The van der Waals surface area contributed by atoms with Gasteiger partial charge in [0.15, 0.2) is 5.78 Å². The normalized spacial score (nSPS) is 10.7. The molecule has 0 saturated heterocycles. The van der Waals surface area contributed by atoms with Gasteiger partial charge in [-0.25, -0.2) is 4.39 Å². The van der Waals surface area contributed by atoms with Crippen molar-refractivity contribution in [2.75, 3.05) is 0 Å². The van der Waals surface area contributed by atoms with Gasteiger partial charge in [-0.3, -0.25) is 4.79 Å². The Morgan fingerprint density at radius 3 is 2.40 bits per heavy atom. The first-order chi connectivity index (χ1) is 9.65. The van der Waals surface area contributed by atoms with Crippen LogP contribution in [0.4, 0.5) is 4.39 Å². The minimum absolute atomic E-state index is 0.128. The predicted molar refractivity (Wildman–Crippen MR) is 78.8 cm³/mol. The molecule has 3 aromatic rings. The number of hydrogen-bond donors (Lipinski definition) is 0. The summed E-state index contributed by atoms with van der Waals surface area (Å²) in [6.45, 7) is 0. The highest BCUT2D eigenvalue weighted by Crippen LogP contribution is 2.23. The molecule has 0 atom stereocenters. The van der Waals surface area contributed by atoms with Crippen LogP contribution in [0.3, 0.4) is 0 Å². The fraction of sp³-hybridized carbons (Fsp3) is 0. The molecule has 0 aliphatic rings. The standard InChI is InChI=1S/C17H10ClFO/c18-16-10-14(19)7-8-15(16)17(20)13-6-5-11-3-1-2-4-12(11)9-13/h1-10H. The Labute approximate surface area is 120 Å². The molecule has 0 aliphatic carbocycles. The molecular formula is C17H10ClFO. The molecule has 20 heavy (non-hydrogen) atoms. The van der Waals surface area contributed by atoms with Crippen LogP contribution in [-0.2, 0) is 0 Å². The summed E-state index contributed by atoms with van der Waals surface area (Å²) in [5, 5.41) is 2.17. The molecule has 0 heterocycles. The summed E-state index contributed by atoms with van der Waals surface area (Å²) in [4.78, 5) is 12.4. The van der Waals surface area contributed by atoms with Crippen molar-refractivity contribution in [1.29, 1.82) is 0 Å². The monoisotopic (exact) mass is 284 g/mol. The average Bonchev–Trinajstić information content (AvgIpc) is 2.46. The second kappa shape index (κ2) is 5.06. The van der Waals surface area contributed by atoms with E-state index in [1.165, 1.54) is 12.1 Å². The van der Waals surface area contributed by atoms with Gasteiger partial charge < -0.3 is 0 Å². The highest BCUT2D eigenvalue weighted by Gasteiger charge is 2.13. The Morgan fingerprint density at radius 1 is 0.900 bits per heavy atom. The Kier molecular flexibility index (Phi) is 3.25. The first-order valence-corrected chi connectivity index (χ1v) is 6.51. The van der Waals surface area contributed by atoms with Gasteiger partial charge in [0.05, 0.1) is 5.02 Å². The summed E-state index contributed by atoms with van der Waals surface area (Å²) in [7, 11) is 0. The molecule has 3 heteroatoms. The molecule has 98 valence electrons. The SMILES string of the molecule is O=C(c1ccc2ccccc2c1)c1ccc(F)cc1Cl. The summed E-state index contributed by atoms with van der Waals surface area (Å²) < 4.78 is 13.0. The lowest BCUT2D eigenvalue weighted by atomic mass is 10.00. The van der Waals surface area contributed by atoms with Crippen molar-refractivity contribution in [2.45, 2.75) is 0 Å². The fourth-order valence-corrected chi connectivity index (χ4v) is 2.41. The molecule has 0 radical (unpaired) electrons. The lowest BCUT2D eigenvalue weighted by Crippen LogP contribution is -2.02. The number of halogens is 2. The molecule has 0 aliphatic heterocycles. The first kappa shape index (κ1) is 12.8. The maximum absolute atomic E-state index is 13.0. The maximum atomic E-state index is 13.0. The minimum atomic E-state index is -0.454. The Hall–Kier alpha value is -2.19. The molecule has 3 aromatic carbocycles. The van der Waals surface area contributed by atoms with Crippen molar-refractivity contribution >= 4 is 28.2 Å². The van der Waals surface area contributed by atoms with Gasteiger partial charge in [-0.05, 0) is 35.0 Å². The smallest absolute Gasteiger partial charge is 0.194 e. The van der Waals surface area contributed by atoms with Gasteiger partial charge in [0.1, 0.15) is 5.82 Å². The molecule has 0 amide bonds. The summed E-state index contributed by atoms with van der Waals surface area (Å²) >= 11 is 5.93. The van der Waals surface area contributed by atoms with Crippen LogP contribution in [0, 0.1) is 5.82 Å². The van der Waals surface area contributed by atoms with E-state index in [2.05, 4.69) is 0 Å². The number of hydrogen-bond acceptors (Lipinski definition) is 1. The third-order valence-electron chi connectivity index (χ3n) is 3.19. The molecule has 1 nitrogen and oxygen atoms in total. The van der Waals surface area contributed by atoms with Gasteiger partial charge in [0, 0.05) is 11.1 Å². The molecule has 0 spiro atoms. The zero-order valence-corrected chi connectivity index (χ0v) is 11.2. The fourth-order valence-electron chi connectivity index (χ4n) is 2.16. The Bertz CT molecular complexity index is 811. The van der Waals surface area contributed by atoms with Gasteiger partial charge in [-0.2, -0.15) is 0 Å². The summed E-state index contributed by atoms with van der Waals surface area (Å²) in [5.74, 6) is -0.661. The molecule has 0 aromatic heterocycles. The van der Waals surface area contributed by atoms with E-state index < -0.39 is 5.82 Å². The topological polar surface area (TPSA) is 17.1 Å². The van der Waals surface area contributed by atoms with Crippen molar-refractivity contribution in [3.8, 4) is 0 Å². The van der Waals surface area contributed by atoms with E-state index in [0.717, 1.165) is 16.8 Å². The summed E-state index contributed by atoms with van der Waals surface area (Å²) in [5.41, 5.74) is 0.848. The number of rotatable bonds is 2. The van der Waals surface area contributed by atoms with E-state index in [9.17, 15) is 9.18 Å². The van der Waals surface area contributed by atoms with E-state index in [0.29, 0.717) is 11.1 Å². The summed E-state index contributed by atoms with van der Waals surface area (Å²) in [6, 6.07) is 17.0. The molecular weight excluding hydrogens is 275 g/mol. The molecule has 0 saturated carbocycles. The number of fused-ring (bicyclic) bond motifs is 1. The van der Waals surface area contributed by atoms with Crippen LogP contribution >= 0.6 is 11.6 Å². The van der Waals surface area contributed by atoms with Crippen LogP contribution in [0.1, 0.15) is 15.9 Å². The van der Waals surface area contributed by atoms with E-state index in [1.807, 2.05) is 36.4 Å². The van der Waals surface area contributed by atoms with Gasteiger partial charge >= 0.3 is 0 Å². The predicted octanol–water partition coefficient (Wildman–Crippen LogP) is 4.86. The van der Waals surface area contributed by atoms with Gasteiger partial charge in [0.25, 0.3) is 0 Å². The van der Waals surface area contributed by atoms with Gasteiger partial charge in [-0.1, -0.05) is 48.0 Å². The largest absolute Gasteiger partial charge is 0.289 e. The highest BCUT2D eigenvalue weighted by molar-refractivity contribution is 6.35. The second-order valence-electron chi connectivity index (χ2n) is 4.52. The van der Waals surface area contributed by atoms with Crippen LogP contribution in [-0.4, -0.2) is 5.78 Å². The third-order valence-corrected chi connectivity index (χ3v) is 3.50. The number of ketones is 1. The summed E-state index contributed by atoms with van der Waals surface area (Å²) in [6.07, 6.45) is 0. The number of benzene rings is 3. The molecule has 0 N–H and O–H groups in total. The Balaban J connectivity index is 2.08. The zero-order chi connectivity index (χ0) is 14.1. The first-order valence-electron chi connectivity index (χ1n) is 6.14. The lowest BCUT2D eigenvalue weighted by molar-refractivity contribution is 0.103. The quantitative estimate of drug-likeness (QED) is 0.614. The highest BCUT2D eigenvalue weighted by atomic mass is 35.5. The lowest BCUT2D eigenvalue weighted by Gasteiger charge is -2.05. The average molecular weight is 285 g/mol. The van der Waals surface area contributed by atoms with Crippen LogP contribution in [0.15, 0.2) is 60.7 Å². The van der Waals surface area contributed by atoms with Crippen LogP contribution < -0.4 is 0 Å². The van der Waals surface area contributed by atoms with Crippen molar-refractivity contribution in [3.63, 3.8) is 0 Å².